The SMILES string of the molecule is CC(C)CC(O)CNC(=O)c1ccc(Br)cc1F. The van der Waals surface area contributed by atoms with Crippen LogP contribution in [0.5, 0.6) is 0 Å². The number of hydrogen-bond donors (Lipinski definition) is 2. The van der Waals surface area contributed by atoms with E-state index in [0.29, 0.717) is 16.8 Å². The fourth-order valence-electron chi connectivity index (χ4n) is 1.61. The Kier molecular flexibility index (Phi) is 5.75. The van der Waals surface area contributed by atoms with E-state index in [4.69, 9.17) is 0 Å². The van der Waals surface area contributed by atoms with Crippen LogP contribution in [0, 0.1) is 11.7 Å². The second kappa shape index (κ2) is 6.85. The maximum absolute atomic E-state index is 13.5. The summed E-state index contributed by atoms with van der Waals surface area (Å²) in [5.74, 6) is -0.746. The molecule has 0 fully saturated rings. The van der Waals surface area contributed by atoms with Crippen molar-refractivity contribution < 1.29 is 14.3 Å². The Morgan fingerprint density at radius 3 is 2.72 bits per heavy atom. The molecule has 1 aromatic rings. The summed E-state index contributed by atoms with van der Waals surface area (Å²) < 4.78 is 14.1. The third-order valence-corrected chi connectivity index (χ3v) is 2.91. The first-order chi connectivity index (χ1) is 8.40. The Morgan fingerprint density at radius 2 is 2.17 bits per heavy atom. The first-order valence-corrected chi connectivity index (χ1v) is 6.60. The predicted molar refractivity (Wildman–Crippen MR) is 71.9 cm³/mol. The van der Waals surface area contributed by atoms with E-state index in [2.05, 4.69) is 21.2 Å². The lowest BCUT2D eigenvalue weighted by atomic mass is 10.1. The van der Waals surface area contributed by atoms with Crippen molar-refractivity contribution in [2.24, 2.45) is 5.92 Å². The minimum absolute atomic E-state index is 0.0186. The molecular formula is C13H17BrFNO2. The van der Waals surface area contributed by atoms with Crippen LogP contribution in [0.15, 0.2) is 22.7 Å². The average molecular weight is 318 g/mol. The van der Waals surface area contributed by atoms with Gasteiger partial charge in [-0.25, -0.2) is 4.39 Å². The van der Waals surface area contributed by atoms with Gasteiger partial charge in [-0.3, -0.25) is 4.79 Å². The minimum Gasteiger partial charge on any atom is -0.391 e. The number of carbonyl (C=O) groups excluding carboxylic acids is 1. The molecule has 1 amide bonds. The first kappa shape index (κ1) is 15.1. The van der Waals surface area contributed by atoms with Gasteiger partial charge in [0.1, 0.15) is 5.82 Å². The van der Waals surface area contributed by atoms with Crippen LogP contribution in [0.2, 0.25) is 0 Å². The fourth-order valence-corrected chi connectivity index (χ4v) is 1.94. The van der Waals surface area contributed by atoms with Crippen molar-refractivity contribution >= 4 is 21.8 Å². The van der Waals surface area contributed by atoms with Gasteiger partial charge < -0.3 is 10.4 Å². The van der Waals surface area contributed by atoms with E-state index in [9.17, 15) is 14.3 Å². The molecule has 3 nitrogen and oxygen atoms in total. The number of rotatable bonds is 5. The van der Waals surface area contributed by atoms with Gasteiger partial charge in [0.25, 0.3) is 5.91 Å². The molecule has 5 heteroatoms. The van der Waals surface area contributed by atoms with Crippen LogP contribution in [0.1, 0.15) is 30.6 Å². The van der Waals surface area contributed by atoms with Crippen LogP contribution in [0.3, 0.4) is 0 Å². The van der Waals surface area contributed by atoms with E-state index in [0.717, 1.165) is 0 Å². The number of carbonyl (C=O) groups is 1. The van der Waals surface area contributed by atoms with Crippen LogP contribution in [0.4, 0.5) is 4.39 Å². The van der Waals surface area contributed by atoms with Gasteiger partial charge in [-0.05, 0) is 30.5 Å². The molecule has 0 aliphatic carbocycles. The van der Waals surface area contributed by atoms with E-state index in [1.54, 1.807) is 6.07 Å². The van der Waals surface area contributed by atoms with E-state index in [1.807, 2.05) is 13.8 Å². The van der Waals surface area contributed by atoms with E-state index >= 15 is 0 Å². The molecule has 0 aromatic heterocycles. The zero-order valence-corrected chi connectivity index (χ0v) is 12.0. The molecule has 0 saturated heterocycles. The molecule has 18 heavy (non-hydrogen) atoms. The van der Waals surface area contributed by atoms with Gasteiger partial charge in [-0.15, -0.1) is 0 Å². The highest BCUT2D eigenvalue weighted by molar-refractivity contribution is 9.10. The largest absolute Gasteiger partial charge is 0.391 e. The first-order valence-electron chi connectivity index (χ1n) is 5.81. The van der Waals surface area contributed by atoms with E-state index in [1.165, 1.54) is 12.1 Å². The topological polar surface area (TPSA) is 49.3 Å². The van der Waals surface area contributed by atoms with Crippen molar-refractivity contribution in [3.8, 4) is 0 Å². The monoisotopic (exact) mass is 317 g/mol. The van der Waals surface area contributed by atoms with Crippen LogP contribution in [-0.2, 0) is 0 Å². The number of aliphatic hydroxyl groups is 1. The Labute approximate surface area is 115 Å². The summed E-state index contributed by atoms with van der Waals surface area (Å²) in [6, 6.07) is 4.24. The molecule has 0 spiro atoms. The third-order valence-electron chi connectivity index (χ3n) is 2.42. The summed E-state index contributed by atoms with van der Waals surface area (Å²) in [6.07, 6.45) is -0.00391. The Hall–Kier alpha value is -0.940. The van der Waals surface area contributed by atoms with Crippen LogP contribution >= 0.6 is 15.9 Å². The molecule has 1 rings (SSSR count). The van der Waals surface area contributed by atoms with Crippen molar-refractivity contribution in [3.63, 3.8) is 0 Å². The van der Waals surface area contributed by atoms with Crippen molar-refractivity contribution in [2.75, 3.05) is 6.54 Å². The highest BCUT2D eigenvalue weighted by Crippen LogP contribution is 2.15. The zero-order chi connectivity index (χ0) is 13.7. The molecule has 0 heterocycles. The van der Waals surface area contributed by atoms with Crippen LogP contribution < -0.4 is 5.32 Å². The molecule has 0 saturated carbocycles. The maximum Gasteiger partial charge on any atom is 0.254 e. The van der Waals surface area contributed by atoms with Crippen molar-refractivity contribution in [3.05, 3.63) is 34.1 Å². The van der Waals surface area contributed by atoms with Crippen LogP contribution in [0.25, 0.3) is 0 Å². The number of halogens is 2. The maximum atomic E-state index is 13.5. The average Bonchev–Trinajstić information content (AvgIpc) is 2.25. The van der Waals surface area contributed by atoms with Crippen molar-refractivity contribution in [1.82, 2.24) is 5.32 Å². The number of amides is 1. The molecule has 0 bridgehead atoms. The van der Waals surface area contributed by atoms with E-state index in [-0.39, 0.29) is 12.1 Å². The summed E-state index contributed by atoms with van der Waals surface area (Å²) in [5, 5.41) is 12.1. The fraction of sp³-hybridized carbons (Fsp3) is 0.462. The molecule has 0 aliphatic heterocycles. The summed E-state index contributed by atoms with van der Waals surface area (Å²) in [7, 11) is 0. The molecule has 1 unspecified atom stereocenters. The number of aliphatic hydroxyl groups excluding tert-OH is 1. The van der Waals surface area contributed by atoms with Gasteiger partial charge >= 0.3 is 0 Å². The second-order valence-corrected chi connectivity index (χ2v) is 5.53. The summed E-state index contributed by atoms with van der Waals surface area (Å²) in [6.45, 7) is 4.10. The Morgan fingerprint density at radius 1 is 1.50 bits per heavy atom. The molecule has 1 aromatic carbocycles. The van der Waals surface area contributed by atoms with Crippen LogP contribution in [-0.4, -0.2) is 23.7 Å². The molecule has 2 N–H and O–H groups in total. The number of benzene rings is 1. The summed E-state index contributed by atoms with van der Waals surface area (Å²) in [4.78, 5) is 11.7. The van der Waals surface area contributed by atoms with E-state index < -0.39 is 17.8 Å². The standard InChI is InChI=1S/C13H17BrFNO2/c1-8(2)5-10(17)7-16-13(18)11-4-3-9(14)6-12(11)15/h3-4,6,8,10,17H,5,7H2,1-2H3,(H,16,18). The molecule has 0 radical (unpaired) electrons. The molecule has 1 atom stereocenters. The predicted octanol–water partition coefficient (Wildman–Crippen LogP) is 2.73. The number of nitrogens with one attached hydrogen (secondary N) is 1. The highest BCUT2D eigenvalue weighted by Gasteiger charge is 2.13. The number of hydrogen-bond acceptors (Lipinski definition) is 2. The molecule has 100 valence electrons. The van der Waals surface area contributed by atoms with Crippen molar-refractivity contribution in [2.45, 2.75) is 26.4 Å². The van der Waals surface area contributed by atoms with Gasteiger partial charge in [0.15, 0.2) is 0 Å². The lowest BCUT2D eigenvalue weighted by molar-refractivity contribution is 0.0896. The van der Waals surface area contributed by atoms with Gasteiger partial charge in [0, 0.05) is 11.0 Å². The van der Waals surface area contributed by atoms with Gasteiger partial charge in [-0.2, -0.15) is 0 Å². The van der Waals surface area contributed by atoms with Gasteiger partial charge in [0.05, 0.1) is 11.7 Å². The Bertz CT molecular complexity index is 423. The van der Waals surface area contributed by atoms with Gasteiger partial charge in [0.2, 0.25) is 0 Å². The third kappa shape index (κ3) is 4.74. The quantitative estimate of drug-likeness (QED) is 0.877. The summed E-state index contributed by atoms with van der Waals surface area (Å²) in [5.41, 5.74) is -0.0186. The smallest absolute Gasteiger partial charge is 0.254 e. The zero-order valence-electron chi connectivity index (χ0n) is 10.4. The van der Waals surface area contributed by atoms with Gasteiger partial charge in [-0.1, -0.05) is 29.8 Å². The minimum atomic E-state index is -0.604. The lowest BCUT2D eigenvalue weighted by Crippen LogP contribution is -2.33. The molecule has 0 aliphatic rings. The molecular weight excluding hydrogens is 301 g/mol. The lowest BCUT2D eigenvalue weighted by Gasteiger charge is -2.14. The highest BCUT2D eigenvalue weighted by atomic mass is 79.9. The summed E-state index contributed by atoms with van der Waals surface area (Å²) >= 11 is 3.12. The Balaban J connectivity index is 2.55. The normalized spacial score (nSPS) is 12.6. The second-order valence-electron chi connectivity index (χ2n) is 4.62. The van der Waals surface area contributed by atoms with Crippen molar-refractivity contribution in [1.29, 1.82) is 0 Å².